The average molecular weight is 191 g/mol. The number of ether oxygens (including phenoxy) is 2. The molecule has 74 valence electrons. The highest BCUT2D eigenvalue weighted by molar-refractivity contribution is 5.33. The fourth-order valence-electron chi connectivity index (χ4n) is 1.04. The maximum Gasteiger partial charge on any atom is 0.184 e. The van der Waals surface area contributed by atoms with Gasteiger partial charge in [-0.15, -0.1) is 0 Å². The van der Waals surface area contributed by atoms with Crippen LogP contribution >= 0.6 is 0 Å². The monoisotopic (exact) mass is 191 g/mol. The molecular weight excluding hydrogens is 178 g/mol. The number of methoxy groups -OCH3 is 1. The van der Waals surface area contributed by atoms with E-state index in [-0.39, 0.29) is 6.10 Å². The first-order chi connectivity index (χ1) is 6.80. The molecule has 0 amide bonds. The Morgan fingerprint density at radius 3 is 2.71 bits per heavy atom. The topological polar surface area (TPSA) is 42.2 Å². The summed E-state index contributed by atoms with van der Waals surface area (Å²) in [4.78, 5) is 0. The quantitative estimate of drug-likeness (QED) is 0.733. The Morgan fingerprint density at radius 1 is 1.43 bits per heavy atom. The smallest absolute Gasteiger partial charge is 0.184 e. The molecule has 0 bridgehead atoms. The van der Waals surface area contributed by atoms with E-state index in [0.717, 1.165) is 5.75 Å². The molecule has 0 radical (unpaired) electrons. The maximum atomic E-state index is 8.71. The Morgan fingerprint density at radius 2 is 2.14 bits per heavy atom. The molecule has 14 heavy (non-hydrogen) atoms. The fourth-order valence-corrected chi connectivity index (χ4v) is 1.04. The zero-order valence-electron chi connectivity index (χ0n) is 8.36. The fraction of sp³-hybridized carbons (Fsp3) is 0.364. The van der Waals surface area contributed by atoms with Crippen molar-refractivity contribution in [3.8, 4) is 17.6 Å². The normalized spacial score (nSPS) is 11.5. The first-order valence-electron chi connectivity index (χ1n) is 4.50. The second-order valence-corrected chi connectivity index (χ2v) is 2.82. The first kappa shape index (κ1) is 10.4. The van der Waals surface area contributed by atoms with Crippen molar-refractivity contribution in [3.05, 3.63) is 24.3 Å². The third-order valence-electron chi connectivity index (χ3n) is 1.83. The van der Waals surface area contributed by atoms with Gasteiger partial charge in [0, 0.05) is 6.07 Å². The molecular formula is C11H13NO2. The number of hydrogen-bond donors (Lipinski definition) is 0. The molecule has 0 saturated carbocycles. The second kappa shape index (κ2) is 5.13. The lowest BCUT2D eigenvalue weighted by atomic mass is 10.3. The highest BCUT2D eigenvalue weighted by Crippen LogP contribution is 2.20. The number of nitriles is 1. The zero-order chi connectivity index (χ0) is 10.4. The van der Waals surface area contributed by atoms with Crippen LogP contribution in [0.25, 0.3) is 0 Å². The molecule has 0 spiro atoms. The van der Waals surface area contributed by atoms with Crippen molar-refractivity contribution in [1.29, 1.82) is 5.26 Å². The van der Waals surface area contributed by atoms with Gasteiger partial charge in [-0.3, -0.25) is 0 Å². The van der Waals surface area contributed by atoms with Crippen LogP contribution in [0, 0.1) is 11.3 Å². The van der Waals surface area contributed by atoms with Crippen molar-refractivity contribution in [1.82, 2.24) is 0 Å². The Kier molecular flexibility index (Phi) is 3.81. The Balaban J connectivity index is 2.71. The van der Waals surface area contributed by atoms with E-state index in [4.69, 9.17) is 14.7 Å². The molecule has 0 N–H and O–H groups in total. The zero-order valence-corrected chi connectivity index (χ0v) is 8.36. The first-order valence-corrected chi connectivity index (χ1v) is 4.50. The molecule has 0 fully saturated rings. The lowest BCUT2D eigenvalue weighted by molar-refractivity contribution is 0.250. The van der Waals surface area contributed by atoms with E-state index in [1.54, 1.807) is 13.2 Å². The number of nitrogens with zero attached hydrogens (tertiary/aromatic N) is 1. The molecule has 0 heterocycles. The Labute approximate surface area is 83.9 Å². The highest BCUT2D eigenvalue weighted by atomic mass is 16.5. The van der Waals surface area contributed by atoms with Crippen LogP contribution < -0.4 is 9.47 Å². The van der Waals surface area contributed by atoms with Crippen molar-refractivity contribution in [2.24, 2.45) is 0 Å². The predicted octanol–water partition coefficient (Wildman–Crippen LogP) is 2.38. The van der Waals surface area contributed by atoms with E-state index in [9.17, 15) is 0 Å². The van der Waals surface area contributed by atoms with Crippen molar-refractivity contribution < 1.29 is 9.47 Å². The average Bonchev–Trinajstić information content (AvgIpc) is 2.26. The standard InChI is InChI=1S/C11H13NO2/c1-3-9(8-12)14-11-6-4-5-10(7-11)13-2/h4-7,9H,3H2,1-2H3. The summed E-state index contributed by atoms with van der Waals surface area (Å²) in [6.07, 6.45) is 0.287. The van der Waals surface area contributed by atoms with Gasteiger partial charge in [0.05, 0.1) is 7.11 Å². The lowest BCUT2D eigenvalue weighted by Gasteiger charge is -2.10. The molecule has 0 saturated heterocycles. The predicted molar refractivity (Wildman–Crippen MR) is 53.3 cm³/mol. The van der Waals surface area contributed by atoms with E-state index in [1.807, 2.05) is 25.1 Å². The summed E-state index contributed by atoms with van der Waals surface area (Å²) >= 11 is 0. The number of hydrogen-bond acceptors (Lipinski definition) is 3. The number of benzene rings is 1. The largest absolute Gasteiger partial charge is 0.497 e. The molecule has 1 unspecified atom stereocenters. The van der Waals surface area contributed by atoms with Crippen LogP contribution in [0.15, 0.2) is 24.3 Å². The molecule has 0 aromatic heterocycles. The summed E-state index contributed by atoms with van der Waals surface area (Å²) in [7, 11) is 1.60. The van der Waals surface area contributed by atoms with Crippen LogP contribution in [-0.4, -0.2) is 13.2 Å². The summed E-state index contributed by atoms with van der Waals surface area (Å²) in [6, 6.07) is 9.31. The van der Waals surface area contributed by atoms with Crippen molar-refractivity contribution in [2.45, 2.75) is 19.4 Å². The van der Waals surface area contributed by atoms with Gasteiger partial charge in [0.15, 0.2) is 6.10 Å². The van der Waals surface area contributed by atoms with Crippen LogP contribution in [0.3, 0.4) is 0 Å². The van der Waals surface area contributed by atoms with Crippen LogP contribution in [0.1, 0.15) is 13.3 Å². The van der Waals surface area contributed by atoms with E-state index >= 15 is 0 Å². The molecule has 1 atom stereocenters. The van der Waals surface area contributed by atoms with E-state index in [0.29, 0.717) is 12.2 Å². The van der Waals surface area contributed by atoms with Gasteiger partial charge in [0.1, 0.15) is 17.6 Å². The van der Waals surface area contributed by atoms with Crippen LogP contribution in [0.2, 0.25) is 0 Å². The summed E-state index contributed by atoms with van der Waals surface area (Å²) in [6.45, 7) is 1.91. The van der Waals surface area contributed by atoms with Gasteiger partial charge in [-0.25, -0.2) is 0 Å². The lowest BCUT2D eigenvalue weighted by Crippen LogP contribution is -2.11. The van der Waals surface area contributed by atoms with Gasteiger partial charge in [0.2, 0.25) is 0 Å². The third kappa shape index (κ3) is 2.67. The van der Waals surface area contributed by atoms with Gasteiger partial charge in [0.25, 0.3) is 0 Å². The minimum atomic E-state index is -0.387. The molecule has 3 nitrogen and oxygen atoms in total. The SMILES string of the molecule is CCC(C#N)Oc1cccc(OC)c1. The summed E-state index contributed by atoms with van der Waals surface area (Å²) in [5.74, 6) is 1.40. The molecule has 1 rings (SSSR count). The van der Waals surface area contributed by atoms with E-state index in [2.05, 4.69) is 6.07 Å². The van der Waals surface area contributed by atoms with Gasteiger partial charge in [-0.1, -0.05) is 13.0 Å². The highest BCUT2D eigenvalue weighted by Gasteiger charge is 2.05. The summed E-state index contributed by atoms with van der Waals surface area (Å²) in [5, 5.41) is 8.71. The molecule has 0 aliphatic rings. The van der Waals surface area contributed by atoms with Gasteiger partial charge in [-0.05, 0) is 18.6 Å². The minimum absolute atomic E-state index is 0.387. The molecule has 1 aromatic rings. The second-order valence-electron chi connectivity index (χ2n) is 2.82. The third-order valence-corrected chi connectivity index (χ3v) is 1.83. The summed E-state index contributed by atoms with van der Waals surface area (Å²) in [5.41, 5.74) is 0. The molecule has 0 aliphatic carbocycles. The minimum Gasteiger partial charge on any atom is -0.497 e. The van der Waals surface area contributed by atoms with Crippen LogP contribution in [-0.2, 0) is 0 Å². The van der Waals surface area contributed by atoms with Gasteiger partial charge >= 0.3 is 0 Å². The Bertz CT molecular complexity index is 330. The van der Waals surface area contributed by atoms with Crippen molar-refractivity contribution in [2.75, 3.05) is 7.11 Å². The number of rotatable bonds is 4. The maximum absolute atomic E-state index is 8.71. The van der Waals surface area contributed by atoms with E-state index < -0.39 is 0 Å². The van der Waals surface area contributed by atoms with Crippen molar-refractivity contribution in [3.63, 3.8) is 0 Å². The van der Waals surface area contributed by atoms with Gasteiger partial charge in [-0.2, -0.15) is 5.26 Å². The van der Waals surface area contributed by atoms with E-state index in [1.165, 1.54) is 0 Å². The Hall–Kier alpha value is -1.69. The molecule has 3 heteroatoms. The van der Waals surface area contributed by atoms with Crippen LogP contribution in [0.5, 0.6) is 11.5 Å². The van der Waals surface area contributed by atoms with Crippen molar-refractivity contribution >= 4 is 0 Å². The van der Waals surface area contributed by atoms with Crippen LogP contribution in [0.4, 0.5) is 0 Å². The molecule has 0 aliphatic heterocycles. The molecule has 1 aromatic carbocycles. The summed E-state index contributed by atoms with van der Waals surface area (Å²) < 4.78 is 10.5. The van der Waals surface area contributed by atoms with Gasteiger partial charge < -0.3 is 9.47 Å².